The zero-order valence-corrected chi connectivity index (χ0v) is 16.4. The van der Waals surface area contributed by atoms with Gasteiger partial charge in [-0.15, -0.1) is 0 Å². The number of hydrogen-bond acceptors (Lipinski definition) is 5. The Hall–Kier alpha value is -4.20. The van der Waals surface area contributed by atoms with Crippen LogP contribution in [-0.4, -0.2) is 38.1 Å². The minimum Gasteiger partial charge on any atom is -0.493 e. The van der Waals surface area contributed by atoms with Gasteiger partial charge in [0.1, 0.15) is 0 Å². The highest BCUT2D eigenvalue weighted by atomic mass is 16.5. The van der Waals surface area contributed by atoms with Gasteiger partial charge in [0, 0.05) is 30.7 Å². The molecule has 1 N–H and O–H groups in total. The molecular weight excluding hydrogens is 382 g/mol. The number of nitrogens with zero attached hydrogens (tertiary/aromatic N) is 4. The van der Waals surface area contributed by atoms with Crippen molar-refractivity contribution in [2.75, 3.05) is 12.4 Å². The quantitative estimate of drug-likeness (QED) is 0.502. The summed E-state index contributed by atoms with van der Waals surface area (Å²) in [6.45, 7) is 0. The molecule has 2 aromatic heterocycles. The minimum atomic E-state index is -0.412. The minimum absolute atomic E-state index is 0.162. The van der Waals surface area contributed by atoms with Gasteiger partial charge < -0.3 is 14.6 Å². The predicted molar refractivity (Wildman–Crippen MR) is 111 cm³/mol. The number of hydrogen-bond donors (Lipinski definition) is 1. The smallest absolute Gasteiger partial charge is 0.280 e. The van der Waals surface area contributed by atoms with Crippen molar-refractivity contribution in [3.63, 3.8) is 0 Å². The number of carbonyl (C=O) groups excluding carboxylic acids is 2. The Kier molecular flexibility index (Phi) is 5.13. The van der Waals surface area contributed by atoms with E-state index < -0.39 is 5.91 Å². The lowest BCUT2D eigenvalue weighted by atomic mass is 10.1. The molecule has 2 heterocycles. The van der Waals surface area contributed by atoms with Crippen LogP contribution in [0.4, 0.5) is 5.69 Å². The van der Waals surface area contributed by atoms with Crippen molar-refractivity contribution in [3.05, 3.63) is 90.3 Å². The number of aromatic nitrogens is 4. The maximum Gasteiger partial charge on any atom is 0.280 e. The van der Waals surface area contributed by atoms with Crippen molar-refractivity contribution in [3.8, 4) is 11.4 Å². The molecule has 4 aromatic rings. The summed E-state index contributed by atoms with van der Waals surface area (Å²) in [4.78, 5) is 29.3. The van der Waals surface area contributed by atoms with Crippen molar-refractivity contribution in [2.24, 2.45) is 7.05 Å². The highest BCUT2D eigenvalue weighted by Crippen LogP contribution is 2.21. The van der Waals surface area contributed by atoms with Crippen molar-refractivity contribution in [1.29, 1.82) is 0 Å². The molecule has 0 fully saturated rings. The van der Waals surface area contributed by atoms with E-state index in [0.29, 0.717) is 22.8 Å². The van der Waals surface area contributed by atoms with Crippen LogP contribution in [0.3, 0.4) is 0 Å². The summed E-state index contributed by atoms with van der Waals surface area (Å²) in [5.74, 6) is 0.106. The topological polar surface area (TPSA) is 91.0 Å². The van der Waals surface area contributed by atoms with Gasteiger partial charge >= 0.3 is 0 Å². The predicted octanol–water partition coefficient (Wildman–Crippen LogP) is 3.10. The highest BCUT2D eigenvalue weighted by molar-refractivity contribution is 6.08. The summed E-state index contributed by atoms with van der Waals surface area (Å²) >= 11 is 0. The molecule has 0 aliphatic heterocycles. The molecule has 0 atom stereocenters. The van der Waals surface area contributed by atoms with Gasteiger partial charge in [-0.1, -0.05) is 18.2 Å². The van der Waals surface area contributed by atoms with Gasteiger partial charge in [0.2, 0.25) is 5.78 Å². The molecule has 0 aliphatic rings. The maximum atomic E-state index is 12.7. The van der Waals surface area contributed by atoms with E-state index in [0.717, 1.165) is 5.69 Å². The second-order valence-electron chi connectivity index (χ2n) is 6.55. The fourth-order valence-electron chi connectivity index (χ4n) is 2.99. The van der Waals surface area contributed by atoms with Gasteiger partial charge in [-0.05, 0) is 36.4 Å². The number of benzene rings is 2. The van der Waals surface area contributed by atoms with Crippen LogP contribution in [0.15, 0.2) is 73.2 Å². The number of anilines is 1. The van der Waals surface area contributed by atoms with Gasteiger partial charge in [-0.25, -0.2) is 9.67 Å². The lowest BCUT2D eigenvalue weighted by Crippen LogP contribution is -2.14. The Morgan fingerprint density at radius 3 is 2.40 bits per heavy atom. The maximum absolute atomic E-state index is 12.7. The number of nitrogens with one attached hydrogen (secondary N) is 1. The number of carbonyl (C=O) groups is 2. The molecule has 2 aromatic carbocycles. The van der Waals surface area contributed by atoms with Crippen LogP contribution in [0.5, 0.6) is 5.75 Å². The number of amides is 1. The molecule has 0 unspecified atom stereocenters. The number of aryl methyl sites for hydroxylation is 1. The monoisotopic (exact) mass is 401 g/mol. The zero-order valence-electron chi connectivity index (χ0n) is 16.4. The third-order valence-corrected chi connectivity index (χ3v) is 4.57. The first kappa shape index (κ1) is 19.1. The van der Waals surface area contributed by atoms with Crippen molar-refractivity contribution >= 4 is 17.4 Å². The molecule has 4 rings (SSSR count). The first-order chi connectivity index (χ1) is 14.6. The van der Waals surface area contributed by atoms with E-state index in [-0.39, 0.29) is 11.5 Å². The molecule has 0 saturated carbocycles. The first-order valence-electron chi connectivity index (χ1n) is 9.19. The molecule has 150 valence electrons. The summed E-state index contributed by atoms with van der Waals surface area (Å²) in [6, 6.07) is 16.0. The normalized spacial score (nSPS) is 10.6. The van der Waals surface area contributed by atoms with E-state index in [1.807, 2.05) is 30.3 Å². The summed E-state index contributed by atoms with van der Waals surface area (Å²) in [5, 5.41) is 7.13. The average molecular weight is 401 g/mol. The second-order valence-corrected chi connectivity index (χ2v) is 6.55. The highest BCUT2D eigenvalue weighted by Gasteiger charge is 2.19. The Balaban J connectivity index is 1.52. The van der Waals surface area contributed by atoms with Crippen LogP contribution >= 0.6 is 0 Å². The summed E-state index contributed by atoms with van der Waals surface area (Å²) in [6.07, 6.45) is 4.94. The molecule has 30 heavy (non-hydrogen) atoms. The molecule has 0 saturated heterocycles. The van der Waals surface area contributed by atoms with Crippen LogP contribution in [-0.2, 0) is 7.05 Å². The Morgan fingerprint density at radius 2 is 1.77 bits per heavy atom. The Labute approximate surface area is 172 Å². The van der Waals surface area contributed by atoms with Crippen LogP contribution in [0, 0.1) is 0 Å². The molecule has 0 spiro atoms. The van der Waals surface area contributed by atoms with Gasteiger partial charge in [0.15, 0.2) is 17.3 Å². The van der Waals surface area contributed by atoms with E-state index in [2.05, 4.69) is 15.4 Å². The fourth-order valence-corrected chi connectivity index (χ4v) is 2.99. The van der Waals surface area contributed by atoms with E-state index in [9.17, 15) is 9.59 Å². The van der Waals surface area contributed by atoms with Crippen LogP contribution in [0.2, 0.25) is 0 Å². The van der Waals surface area contributed by atoms with Crippen molar-refractivity contribution in [2.45, 2.75) is 0 Å². The third-order valence-electron chi connectivity index (χ3n) is 4.57. The van der Waals surface area contributed by atoms with Gasteiger partial charge in [-0.2, -0.15) is 5.10 Å². The van der Waals surface area contributed by atoms with Crippen LogP contribution in [0.1, 0.15) is 26.7 Å². The molecular formula is C22H19N5O3. The number of imidazole rings is 1. The second kappa shape index (κ2) is 8.04. The molecule has 8 nitrogen and oxygen atoms in total. The van der Waals surface area contributed by atoms with E-state index >= 15 is 0 Å². The molecule has 0 aliphatic carbocycles. The molecule has 1 amide bonds. The van der Waals surface area contributed by atoms with E-state index in [1.165, 1.54) is 7.11 Å². The summed E-state index contributed by atoms with van der Waals surface area (Å²) in [5.41, 5.74) is 1.99. The van der Waals surface area contributed by atoms with Gasteiger partial charge in [0.25, 0.3) is 5.91 Å². The largest absolute Gasteiger partial charge is 0.493 e. The number of rotatable bonds is 6. The number of ether oxygens (including phenoxy) is 1. The van der Waals surface area contributed by atoms with Gasteiger partial charge in [0.05, 0.1) is 19.0 Å². The van der Waals surface area contributed by atoms with E-state index in [4.69, 9.17) is 4.74 Å². The molecule has 0 bridgehead atoms. The fraction of sp³-hybridized carbons (Fsp3) is 0.0909. The lowest BCUT2D eigenvalue weighted by Gasteiger charge is -2.06. The van der Waals surface area contributed by atoms with Crippen molar-refractivity contribution < 1.29 is 14.3 Å². The summed E-state index contributed by atoms with van der Waals surface area (Å²) in [7, 11) is 3.25. The van der Waals surface area contributed by atoms with Crippen molar-refractivity contribution in [1.82, 2.24) is 19.3 Å². The molecule has 8 heteroatoms. The molecule has 0 radical (unpaired) electrons. The number of ketones is 1. The van der Waals surface area contributed by atoms with Gasteiger partial charge in [-0.3, -0.25) is 9.59 Å². The Bertz CT molecular complexity index is 1190. The standard InChI is InChI=1S/C22H19N5O3/c1-26-13-12-23-21(26)20(28)15-8-10-16(11-9-15)24-22(29)19-18(30-2)14-27(25-19)17-6-4-3-5-7-17/h3-14H,1-2H3,(H,24,29). The number of methoxy groups -OCH3 is 1. The van der Waals surface area contributed by atoms with Crippen LogP contribution < -0.4 is 10.1 Å². The van der Waals surface area contributed by atoms with Crippen LogP contribution in [0.25, 0.3) is 5.69 Å². The lowest BCUT2D eigenvalue weighted by molar-refractivity contribution is 0.101. The zero-order chi connectivity index (χ0) is 21.1. The third kappa shape index (κ3) is 3.70. The summed E-state index contributed by atoms with van der Waals surface area (Å²) < 4.78 is 8.56. The van der Waals surface area contributed by atoms with E-state index in [1.54, 1.807) is 59.2 Å². The SMILES string of the molecule is COc1cn(-c2ccccc2)nc1C(=O)Nc1ccc(C(=O)c2nccn2C)cc1. The average Bonchev–Trinajstić information content (AvgIpc) is 3.40. The Morgan fingerprint density at radius 1 is 1.03 bits per heavy atom. The first-order valence-corrected chi connectivity index (χ1v) is 9.19. The number of para-hydroxylation sites is 1.